The minimum atomic E-state index is -0.223. The molecule has 2 aromatic rings. The van der Waals surface area contributed by atoms with Gasteiger partial charge in [-0.15, -0.1) is 24.0 Å². The van der Waals surface area contributed by atoms with E-state index in [1.165, 1.54) is 12.1 Å². The summed E-state index contributed by atoms with van der Waals surface area (Å²) in [6, 6.07) is 12.1. The van der Waals surface area contributed by atoms with Crippen molar-refractivity contribution in [2.75, 3.05) is 32.6 Å². The van der Waals surface area contributed by atoms with E-state index in [4.69, 9.17) is 9.47 Å². The predicted octanol–water partition coefficient (Wildman–Crippen LogP) is 4.08. The van der Waals surface area contributed by atoms with Crippen LogP contribution in [0.5, 0.6) is 11.5 Å². The van der Waals surface area contributed by atoms with Crippen molar-refractivity contribution in [1.29, 1.82) is 0 Å². The van der Waals surface area contributed by atoms with Gasteiger partial charge in [0.15, 0.2) is 17.5 Å². The summed E-state index contributed by atoms with van der Waals surface area (Å²) in [6.45, 7) is 3.19. The Kier molecular flexibility index (Phi) is 9.79. The number of aliphatic imine (C=N–C) groups is 1. The lowest BCUT2D eigenvalue weighted by molar-refractivity contribution is 0.311. The summed E-state index contributed by atoms with van der Waals surface area (Å²) in [5, 5.41) is 6.44. The van der Waals surface area contributed by atoms with Crippen LogP contribution < -0.4 is 20.1 Å². The number of rotatable bonds is 7. The van der Waals surface area contributed by atoms with Crippen LogP contribution in [0.3, 0.4) is 0 Å². The molecule has 0 unspecified atom stereocenters. The van der Waals surface area contributed by atoms with Crippen molar-refractivity contribution in [3.05, 3.63) is 53.8 Å². The minimum Gasteiger partial charge on any atom is -0.493 e. The number of methoxy groups -OCH3 is 1. The molecule has 0 aromatic heterocycles. The maximum atomic E-state index is 12.9. The largest absolute Gasteiger partial charge is 0.493 e. The van der Waals surface area contributed by atoms with E-state index in [0.717, 1.165) is 17.7 Å². The lowest BCUT2D eigenvalue weighted by Crippen LogP contribution is -2.32. The van der Waals surface area contributed by atoms with Crippen LogP contribution in [0.1, 0.15) is 12.5 Å². The van der Waals surface area contributed by atoms with Crippen LogP contribution in [0.4, 0.5) is 10.1 Å². The molecule has 0 saturated heterocycles. The first-order valence-electron chi connectivity index (χ1n) is 8.19. The zero-order chi connectivity index (χ0) is 18.1. The molecule has 2 rings (SSSR count). The Labute approximate surface area is 171 Å². The van der Waals surface area contributed by atoms with Crippen LogP contribution in [0.15, 0.2) is 47.5 Å². The number of benzene rings is 2. The summed E-state index contributed by atoms with van der Waals surface area (Å²) in [5.41, 5.74) is 1.90. The van der Waals surface area contributed by atoms with Gasteiger partial charge < -0.3 is 20.1 Å². The van der Waals surface area contributed by atoms with E-state index < -0.39 is 0 Å². The van der Waals surface area contributed by atoms with Gasteiger partial charge in [-0.2, -0.15) is 0 Å². The number of hydrogen-bond donors (Lipinski definition) is 2. The van der Waals surface area contributed by atoms with E-state index in [0.29, 0.717) is 30.6 Å². The highest BCUT2D eigenvalue weighted by atomic mass is 127. The number of hydrogen-bond acceptors (Lipinski definition) is 3. The second kappa shape index (κ2) is 11.6. The monoisotopic (exact) mass is 473 g/mol. The lowest BCUT2D eigenvalue weighted by atomic mass is 10.1. The van der Waals surface area contributed by atoms with Crippen LogP contribution >= 0.6 is 24.0 Å². The van der Waals surface area contributed by atoms with Gasteiger partial charge in [-0.3, -0.25) is 4.99 Å². The molecule has 0 atom stereocenters. The smallest absolute Gasteiger partial charge is 0.195 e. The van der Waals surface area contributed by atoms with Crippen molar-refractivity contribution in [3.63, 3.8) is 0 Å². The third-order valence-electron chi connectivity index (χ3n) is 3.57. The maximum absolute atomic E-state index is 12.9. The molecule has 0 aliphatic carbocycles. The molecule has 0 radical (unpaired) electrons. The fourth-order valence-corrected chi connectivity index (χ4v) is 2.31. The lowest BCUT2D eigenvalue weighted by Gasteiger charge is -2.14. The van der Waals surface area contributed by atoms with E-state index in [-0.39, 0.29) is 29.8 Å². The molecule has 2 N–H and O–H groups in total. The molecule has 2 aromatic carbocycles. The number of guanidine groups is 1. The van der Waals surface area contributed by atoms with Gasteiger partial charge >= 0.3 is 0 Å². The molecular weight excluding hydrogens is 448 g/mol. The third kappa shape index (κ3) is 6.70. The van der Waals surface area contributed by atoms with E-state index in [1.807, 2.05) is 25.1 Å². The molecule has 26 heavy (non-hydrogen) atoms. The van der Waals surface area contributed by atoms with E-state index in [1.54, 1.807) is 26.3 Å². The summed E-state index contributed by atoms with van der Waals surface area (Å²) in [5.74, 6) is 1.79. The van der Waals surface area contributed by atoms with Crippen molar-refractivity contribution in [1.82, 2.24) is 5.32 Å². The molecule has 7 heteroatoms. The highest BCUT2D eigenvalue weighted by Gasteiger charge is 2.07. The molecule has 0 heterocycles. The predicted molar refractivity (Wildman–Crippen MR) is 115 cm³/mol. The Bertz CT molecular complexity index is 708. The Morgan fingerprint density at radius 1 is 1.12 bits per heavy atom. The van der Waals surface area contributed by atoms with Gasteiger partial charge in [0.1, 0.15) is 5.82 Å². The van der Waals surface area contributed by atoms with Crippen molar-refractivity contribution in [3.8, 4) is 11.5 Å². The number of ether oxygens (including phenoxy) is 2. The standard InChI is InChI=1S/C19H24FN3O2.HI/c1-4-25-17-10-9-16(13-18(17)24-3)23-19(21-2)22-12-11-14-5-7-15(20)8-6-14;/h5-10,13H,4,11-12H2,1-3H3,(H2,21,22,23);1H. The summed E-state index contributed by atoms with van der Waals surface area (Å²) >= 11 is 0. The quantitative estimate of drug-likeness (QED) is 0.362. The molecular formula is C19H25FIN3O2. The Balaban J connectivity index is 0.00000338. The average molecular weight is 473 g/mol. The number of anilines is 1. The van der Waals surface area contributed by atoms with Gasteiger partial charge in [0.05, 0.1) is 13.7 Å². The molecule has 0 aliphatic rings. The van der Waals surface area contributed by atoms with Crippen LogP contribution in [-0.2, 0) is 6.42 Å². The van der Waals surface area contributed by atoms with E-state index in [2.05, 4.69) is 15.6 Å². The van der Waals surface area contributed by atoms with Crippen molar-refractivity contribution in [2.24, 2.45) is 4.99 Å². The van der Waals surface area contributed by atoms with Gasteiger partial charge in [0, 0.05) is 25.3 Å². The molecule has 0 aliphatic heterocycles. The molecule has 0 fully saturated rings. The first-order valence-corrected chi connectivity index (χ1v) is 8.19. The topological polar surface area (TPSA) is 54.9 Å². The SMILES string of the molecule is CCOc1ccc(NC(=NC)NCCc2ccc(F)cc2)cc1OC.I. The number of nitrogens with one attached hydrogen (secondary N) is 2. The average Bonchev–Trinajstić information content (AvgIpc) is 2.63. The van der Waals surface area contributed by atoms with Crippen molar-refractivity contribution >= 4 is 35.6 Å². The molecule has 0 spiro atoms. The van der Waals surface area contributed by atoms with Gasteiger partial charge in [0.2, 0.25) is 0 Å². The molecule has 0 amide bonds. The fraction of sp³-hybridized carbons (Fsp3) is 0.316. The first kappa shape index (κ1) is 22.0. The van der Waals surface area contributed by atoms with Crippen LogP contribution in [0.2, 0.25) is 0 Å². The number of nitrogens with zero attached hydrogens (tertiary/aromatic N) is 1. The molecule has 0 saturated carbocycles. The summed E-state index contributed by atoms with van der Waals surface area (Å²) in [7, 11) is 3.32. The minimum absolute atomic E-state index is 0. The van der Waals surface area contributed by atoms with Gasteiger partial charge in [-0.05, 0) is 43.2 Å². The highest BCUT2D eigenvalue weighted by Crippen LogP contribution is 2.30. The fourth-order valence-electron chi connectivity index (χ4n) is 2.31. The summed E-state index contributed by atoms with van der Waals surface area (Å²) in [6.07, 6.45) is 0.771. The van der Waals surface area contributed by atoms with E-state index >= 15 is 0 Å². The van der Waals surface area contributed by atoms with Crippen molar-refractivity contribution in [2.45, 2.75) is 13.3 Å². The van der Waals surface area contributed by atoms with Crippen molar-refractivity contribution < 1.29 is 13.9 Å². The zero-order valence-corrected chi connectivity index (χ0v) is 17.5. The van der Waals surface area contributed by atoms with Gasteiger partial charge in [-0.25, -0.2) is 4.39 Å². The Hall–Kier alpha value is -2.03. The second-order valence-electron chi connectivity index (χ2n) is 5.30. The Morgan fingerprint density at radius 2 is 1.85 bits per heavy atom. The number of halogens is 2. The normalized spacial score (nSPS) is 10.7. The van der Waals surface area contributed by atoms with E-state index in [9.17, 15) is 4.39 Å². The van der Waals surface area contributed by atoms with Gasteiger partial charge in [-0.1, -0.05) is 12.1 Å². The molecule has 5 nitrogen and oxygen atoms in total. The van der Waals surface area contributed by atoms with Crippen LogP contribution in [-0.4, -0.2) is 33.3 Å². The second-order valence-corrected chi connectivity index (χ2v) is 5.30. The highest BCUT2D eigenvalue weighted by molar-refractivity contribution is 14.0. The maximum Gasteiger partial charge on any atom is 0.195 e. The zero-order valence-electron chi connectivity index (χ0n) is 15.2. The molecule has 0 bridgehead atoms. The first-order chi connectivity index (χ1) is 12.2. The molecule has 142 valence electrons. The summed E-state index contributed by atoms with van der Waals surface area (Å²) in [4.78, 5) is 4.21. The van der Waals surface area contributed by atoms with Gasteiger partial charge in [0.25, 0.3) is 0 Å². The third-order valence-corrected chi connectivity index (χ3v) is 3.57. The van der Waals surface area contributed by atoms with Crippen LogP contribution in [0.25, 0.3) is 0 Å². The summed E-state index contributed by atoms with van der Waals surface area (Å²) < 4.78 is 23.8. The van der Waals surface area contributed by atoms with Crippen LogP contribution in [0, 0.1) is 5.82 Å². The Morgan fingerprint density at radius 3 is 2.46 bits per heavy atom.